The molecule has 16 heavy (non-hydrogen) atoms. The lowest BCUT2D eigenvalue weighted by Gasteiger charge is -2.01. The molecule has 0 bridgehead atoms. The molecule has 2 aromatic rings. The molecule has 0 saturated carbocycles. The third kappa shape index (κ3) is 1.44. The van der Waals surface area contributed by atoms with E-state index in [1.807, 2.05) is 6.07 Å². The minimum absolute atomic E-state index is 0.0729. The lowest BCUT2D eigenvalue weighted by atomic mass is 10.2. The van der Waals surface area contributed by atoms with Crippen molar-refractivity contribution in [2.45, 2.75) is 5.03 Å². The number of hydrogen-bond donors (Lipinski definition) is 0. The van der Waals surface area contributed by atoms with E-state index in [9.17, 15) is 13.2 Å². The first-order valence-electron chi connectivity index (χ1n) is 4.69. The Morgan fingerprint density at radius 3 is 2.44 bits per heavy atom. The van der Waals surface area contributed by atoms with Crippen molar-refractivity contribution in [2.75, 3.05) is 6.26 Å². The van der Waals surface area contributed by atoms with E-state index >= 15 is 0 Å². The van der Waals surface area contributed by atoms with Crippen LogP contribution >= 0.6 is 0 Å². The topological polar surface area (TPSA) is 56.1 Å². The van der Waals surface area contributed by atoms with Crippen LogP contribution in [-0.4, -0.2) is 25.5 Å². The lowest BCUT2D eigenvalue weighted by Crippen LogP contribution is -2.06. The maximum absolute atomic E-state index is 11.6. The quantitative estimate of drug-likeness (QED) is 0.742. The van der Waals surface area contributed by atoms with Crippen molar-refractivity contribution in [2.24, 2.45) is 7.05 Å². The van der Waals surface area contributed by atoms with Gasteiger partial charge >= 0.3 is 0 Å². The van der Waals surface area contributed by atoms with E-state index in [1.54, 1.807) is 25.2 Å². The standard InChI is InChI=1S/C11H11NO3S/c1-12-10-6-4-3-5-8(10)9(7-13)11(12)16(2,14)15/h3-7H,1-2H3. The van der Waals surface area contributed by atoms with Gasteiger partial charge in [0, 0.05) is 24.2 Å². The fraction of sp³-hybridized carbons (Fsp3) is 0.182. The molecular weight excluding hydrogens is 226 g/mol. The number of rotatable bonds is 2. The first kappa shape index (κ1) is 10.9. The molecule has 2 rings (SSSR count). The number of aldehydes is 1. The maximum atomic E-state index is 11.6. The monoisotopic (exact) mass is 237 g/mol. The van der Waals surface area contributed by atoms with Gasteiger partial charge in [0.05, 0.1) is 5.56 Å². The Balaban J connectivity index is 3.05. The molecule has 0 unspecified atom stereocenters. The molecule has 4 nitrogen and oxygen atoms in total. The zero-order chi connectivity index (χ0) is 11.9. The molecule has 0 aliphatic carbocycles. The van der Waals surface area contributed by atoms with Crippen LogP contribution in [0.2, 0.25) is 0 Å². The van der Waals surface area contributed by atoms with Crippen LogP contribution in [-0.2, 0) is 16.9 Å². The van der Waals surface area contributed by atoms with Crippen LogP contribution in [0.1, 0.15) is 10.4 Å². The highest BCUT2D eigenvalue weighted by Gasteiger charge is 2.21. The van der Waals surface area contributed by atoms with Crippen molar-refractivity contribution in [3.05, 3.63) is 29.8 Å². The zero-order valence-electron chi connectivity index (χ0n) is 8.97. The average Bonchev–Trinajstić information content (AvgIpc) is 2.51. The summed E-state index contributed by atoms with van der Waals surface area (Å²) in [6.45, 7) is 0. The Kier molecular flexibility index (Phi) is 2.35. The van der Waals surface area contributed by atoms with Gasteiger partial charge in [-0.1, -0.05) is 18.2 Å². The summed E-state index contributed by atoms with van der Waals surface area (Å²) >= 11 is 0. The van der Waals surface area contributed by atoms with E-state index in [4.69, 9.17) is 0 Å². The predicted molar refractivity (Wildman–Crippen MR) is 61.4 cm³/mol. The molecule has 0 N–H and O–H groups in total. The number of benzene rings is 1. The molecule has 0 aliphatic heterocycles. The van der Waals surface area contributed by atoms with Gasteiger partial charge in [-0.3, -0.25) is 4.79 Å². The summed E-state index contributed by atoms with van der Waals surface area (Å²) in [6, 6.07) is 7.12. The van der Waals surface area contributed by atoms with Gasteiger partial charge in [-0.15, -0.1) is 0 Å². The molecule has 1 heterocycles. The van der Waals surface area contributed by atoms with E-state index in [0.717, 1.165) is 11.8 Å². The maximum Gasteiger partial charge on any atom is 0.191 e. The second-order valence-electron chi connectivity index (χ2n) is 3.69. The highest BCUT2D eigenvalue weighted by atomic mass is 32.2. The van der Waals surface area contributed by atoms with Gasteiger partial charge in [0.15, 0.2) is 16.1 Å². The van der Waals surface area contributed by atoms with Gasteiger partial charge in [0.1, 0.15) is 5.03 Å². The summed E-state index contributed by atoms with van der Waals surface area (Å²) < 4.78 is 24.8. The third-order valence-electron chi connectivity index (χ3n) is 2.56. The van der Waals surface area contributed by atoms with Gasteiger partial charge in [-0.05, 0) is 6.07 Å². The van der Waals surface area contributed by atoms with Gasteiger partial charge in [-0.2, -0.15) is 0 Å². The molecule has 1 aromatic carbocycles. The summed E-state index contributed by atoms with van der Waals surface area (Å²) in [5, 5.41) is 0.740. The molecular formula is C11H11NO3S. The Hall–Kier alpha value is -1.62. The second-order valence-corrected chi connectivity index (χ2v) is 5.62. The molecule has 0 saturated heterocycles. The number of fused-ring (bicyclic) bond motifs is 1. The number of carbonyl (C=O) groups is 1. The highest BCUT2D eigenvalue weighted by molar-refractivity contribution is 7.90. The summed E-state index contributed by atoms with van der Waals surface area (Å²) in [5.74, 6) is 0. The van der Waals surface area contributed by atoms with Gasteiger partial charge < -0.3 is 4.57 Å². The molecule has 0 atom stereocenters. The summed E-state index contributed by atoms with van der Waals surface area (Å²) in [7, 11) is -1.76. The minimum atomic E-state index is -3.41. The lowest BCUT2D eigenvalue weighted by molar-refractivity contribution is 0.112. The number of para-hydroxylation sites is 1. The van der Waals surface area contributed by atoms with Crippen LogP contribution < -0.4 is 0 Å². The number of sulfone groups is 1. The van der Waals surface area contributed by atoms with Crippen LogP contribution in [0.5, 0.6) is 0 Å². The molecule has 0 radical (unpaired) electrons. The summed E-state index contributed by atoms with van der Waals surface area (Å²) in [5.41, 5.74) is 0.977. The largest absolute Gasteiger partial charge is 0.334 e. The van der Waals surface area contributed by atoms with Crippen molar-refractivity contribution in [1.82, 2.24) is 4.57 Å². The average molecular weight is 237 g/mol. The molecule has 0 spiro atoms. The number of aryl methyl sites for hydroxylation is 1. The molecule has 0 aliphatic rings. The number of aromatic nitrogens is 1. The van der Waals surface area contributed by atoms with Gasteiger partial charge in [0.25, 0.3) is 0 Å². The van der Waals surface area contributed by atoms with Crippen LogP contribution in [0.25, 0.3) is 10.9 Å². The van der Waals surface area contributed by atoms with Crippen LogP contribution in [0.15, 0.2) is 29.3 Å². The Bertz CT molecular complexity index is 668. The zero-order valence-corrected chi connectivity index (χ0v) is 9.78. The van der Waals surface area contributed by atoms with Crippen LogP contribution in [0.4, 0.5) is 0 Å². The Labute approximate surface area is 93.4 Å². The van der Waals surface area contributed by atoms with E-state index in [2.05, 4.69) is 0 Å². The Morgan fingerprint density at radius 2 is 1.88 bits per heavy atom. The van der Waals surface area contributed by atoms with Crippen molar-refractivity contribution in [1.29, 1.82) is 0 Å². The summed E-state index contributed by atoms with van der Waals surface area (Å²) in [6.07, 6.45) is 1.70. The van der Waals surface area contributed by atoms with Gasteiger partial charge in [0.2, 0.25) is 0 Å². The van der Waals surface area contributed by atoms with Gasteiger partial charge in [-0.25, -0.2) is 8.42 Å². The molecule has 0 fully saturated rings. The Morgan fingerprint density at radius 1 is 1.25 bits per heavy atom. The van der Waals surface area contributed by atoms with E-state index in [0.29, 0.717) is 11.7 Å². The number of carbonyl (C=O) groups excluding carboxylic acids is 1. The van der Waals surface area contributed by atoms with E-state index < -0.39 is 9.84 Å². The SMILES string of the molecule is Cn1c(S(C)(=O)=O)c(C=O)c2ccccc21. The van der Waals surface area contributed by atoms with E-state index in [1.165, 1.54) is 4.57 Å². The number of hydrogen-bond acceptors (Lipinski definition) is 3. The minimum Gasteiger partial charge on any atom is -0.334 e. The van der Waals surface area contributed by atoms with Crippen molar-refractivity contribution < 1.29 is 13.2 Å². The third-order valence-corrected chi connectivity index (χ3v) is 3.76. The van der Waals surface area contributed by atoms with Crippen molar-refractivity contribution in [3.63, 3.8) is 0 Å². The molecule has 5 heteroatoms. The molecule has 84 valence electrons. The smallest absolute Gasteiger partial charge is 0.191 e. The first-order valence-corrected chi connectivity index (χ1v) is 6.58. The first-order chi connectivity index (χ1) is 7.46. The normalized spacial score (nSPS) is 11.9. The summed E-state index contributed by atoms with van der Waals surface area (Å²) in [4.78, 5) is 11.0. The van der Waals surface area contributed by atoms with E-state index in [-0.39, 0.29) is 10.6 Å². The highest BCUT2D eigenvalue weighted by Crippen LogP contribution is 2.26. The van der Waals surface area contributed by atoms with Crippen molar-refractivity contribution in [3.8, 4) is 0 Å². The fourth-order valence-corrected chi connectivity index (χ4v) is 3.11. The number of nitrogens with zero attached hydrogens (tertiary/aromatic N) is 1. The fourth-order valence-electron chi connectivity index (χ4n) is 1.96. The molecule has 1 aromatic heterocycles. The van der Waals surface area contributed by atoms with Crippen LogP contribution in [0.3, 0.4) is 0 Å². The molecule has 0 amide bonds. The second kappa shape index (κ2) is 3.45. The predicted octanol–water partition coefficient (Wildman–Crippen LogP) is 1.39. The van der Waals surface area contributed by atoms with Crippen LogP contribution in [0, 0.1) is 0 Å². The van der Waals surface area contributed by atoms with Crippen molar-refractivity contribution >= 4 is 27.0 Å².